The number of carbonyl (C=O) groups is 1. The minimum atomic E-state index is -0.308. The molecule has 0 aromatic heterocycles. The van der Waals surface area contributed by atoms with Crippen LogP contribution in [-0.4, -0.2) is 23.6 Å². The van der Waals surface area contributed by atoms with Gasteiger partial charge in [0.15, 0.2) is 0 Å². The van der Waals surface area contributed by atoms with Gasteiger partial charge in [-0.25, -0.2) is 0 Å². The molecule has 0 aliphatic rings. The second kappa shape index (κ2) is 8.75. The standard InChI is InChI=1S/C9H18O2S2/c1-8(13)9(10)11-6-4-2-3-5-7-12/h8,12-13H,2-7H2,1H3. The van der Waals surface area contributed by atoms with Gasteiger partial charge in [-0.15, -0.1) is 0 Å². The molecule has 0 aromatic rings. The highest BCUT2D eigenvalue weighted by Gasteiger charge is 2.07. The van der Waals surface area contributed by atoms with E-state index in [0.29, 0.717) is 6.61 Å². The third-order valence-corrected chi connectivity index (χ3v) is 2.16. The van der Waals surface area contributed by atoms with Crippen molar-refractivity contribution >= 4 is 31.2 Å². The van der Waals surface area contributed by atoms with Crippen LogP contribution in [-0.2, 0) is 9.53 Å². The van der Waals surface area contributed by atoms with E-state index in [1.807, 2.05) is 0 Å². The van der Waals surface area contributed by atoms with Crippen LogP contribution in [0.25, 0.3) is 0 Å². The number of rotatable bonds is 7. The van der Waals surface area contributed by atoms with Gasteiger partial charge in [0.25, 0.3) is 0 Å². The summed E-state index contributed by atoms with van der Waals surface area (Å²) >= 11 is 8.08. The Labute approximate surface area is 91.2 Å². The average molecular weight is 222 g/mol. The highest BCUT2D eigenvalue weighted by Crippen LogP contribution is 2.02. The minimum absolute atomic E-state index is 0.225. The molecule has 0 saturated heterocycles. The summed E-state index contributed by atoms with van der Waals surface area (Å²) in [5, 5.41) is -0.308. The van der Waals surface area contributed by atoms with Crippen molar-refractivity contribution in [3.8, 4) is 0 Å². The number of hydrogen-bond donors (Lipinski definition) is 2. The van der Waals surface area contributed by atoms with Crippen LogP contribution < -0.4 is 0 Å². The third kappa shape index (κ3) is 8.50. The first-order chi connectivity index (χ1) is 6.18. The highest BCUT2D eigenvalue weighted by atomic mass is 32.1. The Morgan fingerprint density at radius 2 is 1.92 bits per heavy atom. The minimum Gasteiger partial charge on any atom is -0.465 e. The quantitative estimate of drug-likeness (QED) is 0.393. The number of thiol groups is 2. The van der Waals surface area contributed by atoms with E-state index in [4.69, 9.17) is 4.74 Å². The maximum absolute atomic E-state index is 10.9. The SMILES string of the molecule is CC(S)C(=O)OCCCCCCS. The summed E-state index contributed by atoms with van der Waals surface area (Å²) < 4.78 is 4.95. The van der Waals surface area contributed by atoms with Crippen LogP contribution >= 0.6 is 25.3 Å². The normalized spacial score (nSPS) is 12.5. The van der Waals surface area contributed by atoms with Gasteiger partial charge < -0.3 is 4.74 Å². The summed E-state index contributed by atoms with van der Waals surface area (Å²) in [6.07, 6.45) is 4.35. The zero-order chi connectivity index (χ0) is 10.1. The number of hydrogen-bond acceptors (Lipinski definition) is 4. The van der Waals surface area contributed by atoms with Gasteiger partial charge in [0, 0.05) is 0 Å². The van der Waals surface area contributed by atoms with Gasteiger partial charge in [-0.1, -0.05) is 12.8 Å². The Morgan fingerprint density at radius 3 is 2.46 bits per heavy atom. The zero-order valence-electron chi connectivity index (χ0n) is 8.03. The summed E-state index contributed by atoms with van der Waals surface area (Å²) in [6.45, 7) is 2.24. The van der Waals surface area contributed by atoms with Gasteiger partial charge in [0.1, 0.15) is 0 Å². The molecule has 2 nitrogen and oxygen atoms in total. The van der Waals surface area contributed by atoms with E-state index >= 15 is 0 Å². The molecular weight excluding hydrogens is 204 g/mol. The molecule has 0 aliphatic heterocycles. The molecule has 0 bridgehead atoms. The molecule has 0 fully saturated rings. The topological polar surface area (TPSA) is 26.3 Å². The number of unbranched alkanes of at least 4 members (excludes halogenated alkanes) is 3. The first-order valence-corrected chi connectivity index (χ1v) is 5.79. The monoisotopic (exact) mass is 222 g/mol. The Balaban J connectivity index is 3.12. The number of carbonyl (C=O) groups excluding carboxylic acids is 1. The van der Waals surface area contributed by atoms with E-state index < -0.39 is 0 Å². The van der Waals surface area contributed by atoms with Crippen LogP contribution in [0.1, 0.15) is 32.6 Å². The van der Waals surface area contributed by atoms with Crippen molar-refractivity contribution in [3.05, 3.63) is 0 Å². The summed E-state index contributed by atoms with van der Waals surface area (Å²) in [4.78, 5) is 10.9. The molecule has 0 heterocycles. The predicted molar refractivity (Wildman–Crippen MR) is 61.7 cm³/mol. The molecule has 0 aromatic carbocycles. The Bertz CT molecular complexity index is 138. The maximum atomic E-state index is 10.9. The molecule has 0 radical (unpaired) electrons. The van der Waals surface area contributed by atoms with Crippen molar-refractivity contribution in [2.24, 2.45) is 0 Å². The summed E-state index contributed by atoms with van der Waals surface area (Å²) in [5.74, 6) is 0.713. The fraction of sp³-hybridized carbons (Fsp3) is 0.889. The molecule has 0 aliphatic carbocycles. The van der Waals surface area contributed by atoms with Crippen molar-refractivity contribution < 1.29 is 9.53 Å². The lowest BCUT2D eigenvalue weighted by Gasteiger charge is -2.05. The molecule has 0 saturated carbocycles. The Hall–Kier alpha value is 0.170. The molecule has 1 atom stereocenters. The molecule has 0 spiro atoms. The van der Waals surface area contributed by atoms with E-state index in [9.17, 15) is 4.79 Å². The number of esters is 1. The van der Waals surface area contributed by atoms with Gasteiger partial charge in [-0.3, -0.25) is 4.79 Å². The van der Waals surface area contributed by atoms with Gasteiger partial charge in [0.2, 0.25) is 0 Å². The molecule has 13 heavy (non-hydrogen) atoms. The van der Waals surface area contributed by atoms with Gasteiger partial charge >= 0.3 is 5.97 Å². The highest BCUT2D eigenvalue weighted by molar-refractivity contribution is 7.81. The van der Waals surface area contributed by atoms with E-state index in [1.165, 1.54) is 0 Å². The second-order valence-corrected chi connectivity index (χ2v) is 4.20. The van der Waals surface area contributed by atoms with Crippen molar-refractivity contribution in [1.82, 2.24) is 0 Å². The molecule has 1 unspecified atom stereocenters. The Morgan fingerprint density at radius 1 is 1.31 bits per heavy atom. The van der Waals surface area contributed by atoms with Crippen molar-refractivity contribution in [3.63, 3.8) is 0 Å². The molecule has 78 valence electrons. The van der Waals surface area contributed by atoms with Crippen LogP contribution in [0.15, 0.2) is 0 Å². The summed E-state index contributed by atoms with van der Waals surface area (Å²) in [7, 11) is 0. The molecule has 0 amide bonds. The first-order valence-electron chi connectivity index (χ1n) is 4.64. The Kier molecular flexibility index (Phi) is 8.87. The smallest absolute Gasteiger partial charge is 0.318 e. The average Bonchev–Trinajstić information content (AvgIpc) is 2.10. The van der Waals surface area contributed by atoms with Gasteiger partial charge in [0.05, 0.1) is 11.9 Å². The molecule has 0 rings (SSSR count). The van der Waals surface area contributed by atoms with Crippen LogP contribution in [0.4, 0.5) is 0 Å². The van der Waals surface area contributed by atoms with E-state index in [2.05, 4.69) is 25.3 Å². The van der Waals surface area contributed by atoms with Crippen molar-refractivity contribution in [2.45, 2.75) is 37.9 Å². The largest absolute Gasteiger partial charge is 0.465 e. The van der Waals surface area contributed by atoms with E-state index in [-0.39, 0.29) is 11.2 Å². The first kappa shape index (κ1) is 13.2. The van der Waals surface area contributed by atoms with E-state index in [0.717, 1.165) is 31.4 Å². The lowest BCUT2D eigenvalue weighted by atomic mass is 10.2. The molecular formula is C9H18O2S2. The molecule has 0 N–H and O–H groups in total. The zero-order valence-corrected chi connectivity index (χ0v) is 9.82. The lowest BCUT2D eigenvalue weighted by molar-refractivity contribution is -0.142. The summed E-state index contributed by atoms with van der Waals surface area (Å²) in [6, 6.07) is 0. The fourth-order valence-corrected chi connectivity index (χ4v) is 1.16. The van der Waals surface area contributed by atoms with E-state index in [1.54, 1.807) is 6.92 Å². The van der Waals surface area contributed by atoms with Crippen LogP contribution in [0.2, 0.25) is 0 Å². The van der Waals surface area contributed by atoms with Crippen molar-refractivity contribution in [2.75, 3.05) is 12.4 Å². The van der Waals surface area contributed by atoms with Gasteiger partial charge in [-0.2, -0.15) is 25.3 Å². The van der Waals surface area contributed by atoms with Crippen molar-refractivity contribution in [1.29, 1.82) is 0 Å². The number of ether oxygens (including phenoxy) is 1. The van der Waals surface area contributed by atoms with Gasteiger partial charge in [-0.05, 0) is 25.5 Å². The second-order valence-electron chi connectivity index (χ2n) is 2.98. The fourth-order valence-electron chi connectivity index (χ4n) is 0.861. The summed E-state index contributed by atoms with van der Waals surface area (Å²) in [5.41, 5.74) is 0. The molecule has 4 heteroatoms. The lowest BCUT2D eigenvalue weighted by Crippen LogP contribution is -2.15. The third-order valence-electron chi connectivity index (χ3n) is 1.64. The van der Waals surface area contributed by atoms with Crippen LogP contribution in [0.5, 0.6) is 0 Å². The van der Waals surface area contributed by atoms with Crippen LogP contribution in [0, 0.1) is 0 Å². The van der Waals surface area contributed by atoms with Crippen LogP contribution in [0.3, 0.4) is 0 Å². The maximum Gasteiger partial charge on any atom is 0.318 e. The predicted octanol–water partition coefficient (Wildman–Crippen LogP) is 2.34.